The van der Waals surface area contributed by atoms with E-state index in [-0.39, 0.29) is 0 Å². The number of hydrogen-bond acceptors (Lipinski definition) is 4. The Morgan fingerprint density at radius 1 is 1.24 bits per heavy atom. The third-order valence-corrected chi connectivity index (χ3v) is 3.35. The van der Waals surface area contributed by atoms with E-state index >= 15 is 0 Å². The van der Waals surface area contributed by atoms with Crippen LogP contribution in [0.25, 0.3) is 0 Å². The first-order valence-corrected chi connectivity index (χ1v) is 6.31. The second-order valence-electron chi connectivity index (χ2n) is 5.01. The van der Waals surface area contributed by atoms with E-state index in [2.05, 4.69) is 23.8 Å². The number of nitrogens with zero attached hydrogens (tertiary/aromatic N) is 2. The third-order valence-electron chi connectivity index (χ3n) is 3.35. The Balaban J connectivity index is 2.31. The van der Waals surface area contributed by atoms with Gasteiger partial charge in [0.2, 0.25) is 0 Å². The lowest BCUT2D eigenvalue weighted by Crippen LogP contribution is -2.18. The lowest BCUT2D eigenvalue weighted by Gasteiger charge is -2.22. The Morgan fingerprint density at radius 3 is 2.41 bits per heavy atom. The van der Waals surface area contributed by atoms with Gasteiger partial charge in [-0.1, -0.05) is 13.8 Å². The molecule has 0 aromatic carbocycles. The molecule has 0 radical (unpaired) electrons. The van der Waals surface area contributed by atoms with Crippen LogP contribution in [-0.4, -0.2) is 23.2 Å². The summed E-state index contributed by atoms with van der Waals surface area (Å²) in [6, 6.07) is 0. The summed E-state index contributed by atoms with van der Waals surface area (Å²) in [6.07, 6.45) is 2.00. The molecule has 17 heavy (non-hydrogen) atoms. The van der Waals surface area contributed by atoms with Crippen LogP contribution in [0.3, 0.4) is 0 Å². The van der Waals surface area contributed by atoms with Crippen molar-refractivity contribution in [2.45, 2.75) is 45.4 Å². The topological polar surface area (TPSA) is 61.0 Å². The van der Waals surface area contributed by atoms with Crippen LogP contribution in [0.4, 0.5) is 5.82 Å². The van der Waals surface area contributed by atoms with Gasteiger partial charge in [0.15, 0.2) is 0 Å². The maximum Gasteiger partial charge on any atom is 0.134 e. The molecule has 0 unspecified atom stereocenters. The molecule has 1 aliphatic rings. The Hall–Kier alpha value is -1.16. The molecular weight excluding hydrogens is 214 g/mol. The molecule has 0 spiro atoms. The normalized spacial score (nSPS) is 17.6. The van der Waals surface area contributed by atoms with Crippen molar-refractivity contribution in [1.82, 2.24) is 9.97 Å². The molecule has 4 heteroatoms. The molecule has 2 heterocycles. The summed E-state index contributed by atoms with van der Waals surface area (Å²) in [7, 11) is 0. The Bertz CT molecular complexity index is 375. The lowest BCUT2D eigenvalue weighted by molar-refractivity contribution is 0.0835. The molecule has 94 valence electrons. The second-order valence-corrected chi connectivity index (χ2v) is 5.01. The fourth-order valence-electron chi connectivity index (χ4n) is 2.48. The minimum Gasteiger partial charge on any atom is -0.383 e. The van der Waals surface area contributed by atoms with Crippen LogP contribution in [0.15, 0.2) is 0 Å². The van der Waals surface area contributed by atoms with Crippen LogP contribution < -0.4 is 5.73 Å². The largest absolute Gasteiger partial charge is 0.383 e. The summed E-state index contributed by atoms with van der Waals surface area (Å²) in [5, 5.41) is 0. The number of aryl methyl sites for hydroxylation is 1. The zero-order chi connectivity index (χ0) is 12.4. The molecule has 0 atom stereocenters. The molecule has 4 nitrogen and oxygen atoms in total. The molecule has 1 saturated heterocycles. The monoisotopic (exact) mass is 235 g/mol. The average Bonchev–Trinajstić information content (AvgIpc) is 2.28. The second kappa shape index (κ2) is 5.00. The average molecular weight is 235 g/mol. The van der Waals surface area contributed by atoms with Gasteiger partial charge in [0.1, 0.15) is 11.6 Å². The summed E-state index contributed by atoms with van der Waals surface area (Å²) in [5.41, 5.74) is 8.15. The highest BCUT2D eigenvalue weighted by Gasteiger charge is 2.21. The number of aromatic nitrogens is 2. The minimum absolute atomic E-state index is 0.374. The van der Waals surface area contributed by atoms with E-state index in [1.165, 1.54) is 0 Å². The number of rotatable bonds is 2. The molecule has 2 N–H and O–H groups in total. The van der Waals surface area contributed by atoms with E-state index in [1.807, 2.05) is 6.92 Å². The highest BCUT2D eigenvalue weighted by Crippen LogP contribution is 2.28. The van der Waals surface area contributed by atoms with Crippen molar-refractivity contribution in [3.8, 4) is 0 Å². The molecule has 0 aliphatic carbocycles. The van der Waals surface area contributed by atoms with E-state index in [4.69, 9.17) is 10.5 Å². The van der Waals surface area contributed by atoms with E-state index < -0.39 is 0 Å². The first kappa shape index (κ1) is 12.3. The maximum absolute atomic E-state index is 6.05. The van der Waals surface area contributed by atoms with Crippen molar-refractivity contribution in [2.24, 2.45) is 0 Å². The van der Waals surface area contributed by atoms with E-state index in [0.29, 0.717) is 17.7 Å². The Kier molecular flexibility index (Phi) is 3.62. The third kappa shape index (κ3) is 2.57. The molecular formula is C13H21N3O. The van der Waals surface area contributed by atoms with Gasteiger partial charge in [-0.05, 0) is 25.7 Å². The van der Waals surface area contributed by atoms with Gasteiger partial charge in [-0.15, -0.1) is 0 Å². The fourth-order valence-corrected chi connectivity index (χ4v) is 2.48. The van der Waals surface area contributed by atoms with Gasteiger partial charge in [0.25, 0.3) is 0 Å². The van der Waals surface area contributed by atoms with Crippen LogP contribution in [0, 0.1) is 6.92 Å². The standard InChI is InChI=1S/C13H21N3O/c1-8(2)11-9(3)15-13(16-12(11)14)10-4-6-17-7-5-10/h8,10H,4-7H2,1-3H3,(H2,14,15,16). The van der Waals surface area contributed by atoms with Crippen LogP contribution in [-0.2, 0) is 4.74 Å². The van der Waals surface area contributed by atoms with Gasteiger partial charge in [-0.25, -0.2) is 9.97 Å². The molecule has 1 aliphatic heterocycles. The first-order chi connectivity index (χ1) is 8.09. The fraction of sp³-hybridized carbons (Fsp3) is 0.692. The predicted molar refractivity (Wildman–Crippen MR) is 68.1 cm³/mol. The molecule has 1 aromatic heterocycles. The first-order valence-electron chi connectivity index (χ1n) is 6.31. The summed E-state index contributed by atoms with van der Waals surface area (Å²) in [6.45, 7) is 7.88. The quantitative estimate of drug-likeness (QED) is 0.855. The summed E-state index contributed by atoms with van der Waals surface area (Å²) in [4.78, 5) is 9.12. The molecule has 0 saturated carbocycles. The zero-order valence-electron chi connectivity index (χ0n) is 10.9. The van der Waals surface area contributed by atoms with Gasteiger partial charge in [-0.2, -0.15) is 0 Å². The molecule has 1 fully saturated rings. The summed E-state index contributed by atoms with van der Waals surface area (Å²) < 4.78 is 5.36. The smallest absolute Gasteiger partial charge is 0.134 e. The van der Waals surface area contributed by atoms with Crippen molar-refractivity contribution in [1.29, 1.82) is 0 Å². The number of nitrogen functional groups attached to an aromatic ring is 1. The number of anilines is 1. The molecule has 2 rings (SSSR count). The van der Waals surface area contributed by atoms with E-state index in [1.54, 1.807) is 0 Å². The maximum atomic E-state index is 6.05. The van der Waals surface area contributed by atoms with Gasteiger partial charge < -0.3 is 10.5 Å². The van der Waals surface area contributed by atoms with Crippen LogP contribution in [0.2, 0.25) is 0 Å². The van der Waals surface area contributed by atoms with Crippen molar-refractivity contribution in [3.05, 3.63) is 17.1 Å². The van der Waals surface area contributed by atoms with Gasteiger partial charge in [0, 0.05) is 30.4 Å². The van der Waals surface area contributed by atoms with Crippen molar-refractivity contribution in [3.63, 3.8) is 0 Å². The van der Waals surface area contributed by atoms with Crippen LogP contribution in [0.1, 0.15) is 55.6 Å². The molecule has 0 amide bonds. The van der Waals surface area contributed by atoms with E-state index in [9.17, 15) is 0 Å². The van der Waals surface area contributed by atoms with Crippen LogP contribution in [0.5, 0.6) is 0 Å². The molecule has 0 bridgehead atoms. The number of nitrogens with two attached hydrogens (primary N) is 1. The summed E-state index contributed by atoms with van der Waals surface area (Å²) >= 11 is 0. The SMILES string of the molecule is Cc1nc(C2CCOCC2)nc(N)c1C(C)C. The zero-order valence-corrected chi connectivity index (χ0v) is 10.9. The molecule has 1 aromatic rings. The number of hydrogen-bond donors (Lipinski definition) is 1. The van der Waals surface area contributed by atoms with Crippen LogP contribution >= 0.6 is 0 Å². The predicted octanol–water partition coefficient (Wildman–Crippen LogP) is 2.38. The Morgan fingerprint density at radius 2 is 1.88 bits per heavy atom. The van der Waals surface area contributed by atoms with Crippen molar-refractivity contribution < 1.29 is 4.74 Å². The van der Waals surface area contributed by atoms with Gasteiger partial charge >= 0.3 is 0 Å². The van der Waals surface area contributed by atoms with Gasteiger partial charge in [0.05, 0.1) is 0 Å². The number of ether oxygens (including phenoxy) is 1. The minimum atomic E-state index is 0.374. The highest BCUT2D eigenvalue weighted by atomic mass is 16.5. The van der Waals surface area contributed by atoms with Gasteiger partial charge in [-0.3, -0.25) is 0 Å². The Labute approximate surface area is 103 Å². The lowest BCUT2D eigenvalue weighted by atomic mass is 9.97. The van der Waals surface area contributed by atoms with E-state index in [0.717, 1.165) is 43.1 Å². The van der Waals surface area contributed by atoms with Crippen molar-refractivity contribution in [2.75, 3.05) is 18.9 Å². The highest BCUT2D eigenvalue weighted by molar-refractivity contribution is 5.44. The summed E-state index contributed by atoms with van der Waals surface area (Å²) in [5.74, 6) is 2.33. The van der Waals surface area contributed by atoms with Crippen molar-refractivity contribution >= 4 is 5.82 Å².